The molecule has 1 heterocycles. The summed E-state index contributed by atoms with van der Waals surface area (Å²) >= 11 is 7.77. The first-order chi connectivity index (χ1) is 9.61. The standard InChI is InChI=1S/C15H18ClFN2S/c1-3-6-18-14(15-10(2)19-9-20-15)7-11-4-5-12(17)8-13(11)16/h4-5,8-9,14,18H,3,6-7H2,1-2H3. The number of thiazole rings is 1. The van der Waals surface area contributed by atoms with E-state index in [1.54, 1.807) is 17.4 Å². The summed E-state index contributed by atoms with van der Waals surface area (Å²) in [4.78, 5) is 5.53. The molecule has 108 valence electrons. The number of hydrogen-bond acceptors (Lipinski definition) is 3. The van der Waals surface area contributed by atoms with E-state index in [2.05, 4.69) is 17.2 Å². The Morgan fingerprint density at radius 3 is 2.85 bits per heavy atom. The lowest BCUT2D eigenvalue weighted by molar-refractivity contribution is 0.533. The van der Waals surface area contributed by atoms with Crippen LogP contribution in [0.1, 0.15) is 35.5 Å². The molecule has 1 aromatic heterocycles. The topological polar surface area (TPSA) is 24.9 Å². The van der Waals surface area contributed by atoms with E-state index in [1.807, 2.05) is 12.4 Å². The molecule has 0 amide bonds. The van der Waals surface area contributed by atoms with E-state index >= 15 is 0 Å². The molecule has 0 aliphatic rings. The molecule has 1 aromatic carbocycles. The van der Waals surface area contributed by atoms with Crippen LogP contribution in [-0.2, 0) is 6.42 Å². The van der Waals surface area contributed by atoms with Crippen molar-refractivity contribution < 1.29 is 4.39 Å². The normalized spacial score (nSPS) is 12.6. The van der Waals surface area contributed by atoms with E-state index in [-0.39, 0.29) is 11.9 Å². The van der Waals surface area contributed by atoms with Gasteiger partial charge in [0.25, 0.3) is 0 Å². The zero-order valence-electron chi connectivity index (χ0n) is 11.6. The van der Waals surface area contributed by atoms with Crippen molar-refractivity contribution in [1.82, 2.24) is 10.3 Å². The number of rotatable bonds is 6. The van der Waals surface area contributed by atoms with Crippen LogP contribution >= 0.6 is 22.9 Å². The maximum absolute atomic E-state index is 13.1. The molecule has 0 aliphatic carbocycles. The van der Waals surface area contributed by atoms with E-state index in [4.69, 9.17) is 11.6 Å². The first-order valence-electron chi connectivity index (χ1n) is 6.69. The number of halogens is 2. The van der Waals surface area contributed by atoms with Crippen molar-refractivity contribution in [3.8, 4) is 0 Å². The Morgan fingerprint density at radius 2 is 2.25 bits per heavy atom. The van der Waals surface area contributed by atoms with Crippen LogP contribution in [0.15, 0.2) is 23.7 Å². The van der Waals surface area contributed by atoms with Crippen molar-refractivity contribution in [2.75, 3.05) is 6.54 Å². The van der Waals surface area contributed by atoms with Gasteiger partial charge in [-0.2, -0.15) is 0 Å². The van der Waals surface area contributed by atoms with Crippen LogP contribution in [0.2, 0.25) is 5.02 Å². The van der Waals surface area contributed by atoms with Gasteiger partial charge in [-0.3, -0.25) is 0 Å². The van der Waals surface area contributed by atoms with Crippen LogP contribution in [0.3, 0.4) is 0 Å². The van der Waals surface area contributed by atoms with Gasteiger partial charge in [-0.05, 0) is 44.0 Å². The monoisotopic (exact) mass is 312 g/mol. The molecule has 0 saturated heterocycles. The Morgan fingerprint density at radius 1 is 1.45 bits per heavy atom. The van der Waals surface area contributed by atoms with Crippen LogP contribution in [0.4, 0.5) is 4.39 Å². The molecule has 1 atom stereocenters. The number of aromatic nitrogens is 1. The fourth-order valence-electron chi connectivity index (χ4n) is 2.13. The largest absolute Gasteiger partial charge is 0.309 e. The summed E-state index contributed by atoms with van der Waals surface area (Å²) in [5, 5.41) is 4.00. The third kappa shape index (κ3) is 3.78. The molecule has 20 heavy (non-hydrogen) atoms. The summed E-state index contributed by atoms with van der Waals surface area (Å²) in [6, 6.07) is 4.75. The van der Waals surface area contributed by atoms with Crippen LogP contribution in [-0.4, -0.2) is 11.5 Å². The predicted molar refractivity (Wildman–Crippen MR) is 83.0 cm³/mol. The van der Waals surface area contributed by atoms with E-state index < -0.39 is 0 Å². The molecule has 5 heteroatoms. The van der Waals surface area contributed by atoms with Crippen molar-refractivity contribution in [2.45, 2.75) is 32.7 Å². The Balaban J connectivity index is 2.21. The Labute approximate surface area is 128 Å². The predicted octanol–water partition coefficient (Wildman–Crippen LogP) is 4.53. The van der Waals surface area contributed by atoms with Gasteiger partial charge in [0.1, 0.15) is 5.82 Å². The van der Waals surface area contributed by atoms with Crippen molar-refractivity contribution in [2.24, 2.45) is 0 Å². The third-order valence-electron chi connectivity index (χ3n) is 3.18. The lowest BCUT2D eigenvalue weighted by atomic mass is 10.0. The highest BCUT2D eigenvalue weighted by Gasteiger charge is 2.17. The summed E-state index contributed by atoms with van der Waals surface area (Å²) in [5.74, 6) is -0.300. The second-order valence-electron chi connectivity index (χ2n) is 4.75. The molecule has 2 aromatic rings. The SMILES string of the molecule is CCCNC(Cc1ccc(F)cc1Cl)c1scnc1C. The Kier molecular flexibility index (Phi) is 5.52. The number of benzene rings is 1. The van der Waals surface area contributed by atoms with Gasteiger partial charge in [-0.1, -0.05) is 24.6 Å². The molecule has 0 aliphatic heterocycles. The van der Waals surface area contributed by atoms with Gasteiger partial charge in [-0.25, -0.2) is 9.37 Å². The quantitative estimate of drug-likeness (QED) is 0.848. The average molecular weight is 313 g/mol. The molecule has 0 radical (unpaired) electrons. The lowest BCUT2D eigenvalue weighted by Gasteiger charge is -2.18. The average Bonchev–Trinajstić information content (AvgIpc) is 2.83. The lowest BCUT2D eigenvalue weighted by Crippen LogP contribution is -2.24. The summed E-state index contributed by atoms with van der Waals surface area (Å²) in [6.07, 6.45) is 1.80. The molecule has 1 N–H and O–H groups in total. The van der Waals surface area contributed by atoms with E-state index in [0.717, 1.165) is 30.6 Å². The summed E-state index contributed by atoms with van der Waals surface area (Å²) < 4.78 is 13.1. The van der Waals surface area contributed by atoms with Crippen LogP contribution in [0, 0.1) is 12.7 Å². The highest BCUT2D eigenvalue weighted by molar-refractivity contribution is 7.09. The number of nitrogens with one attached hydrogen (secondary N) is 1. The zero-order valence-corrected chi connectivity index (χ0v) is 13.2. The summed E-state index contributed by atoms with van der Waals surface area (Å²) in [5.41, 5.74) is 3.86. The van der Waals surface area contributed by atoms with E-state index in [9.17, 15) is 4.39 Å². The fraction of sp³-hybridized carbons (Fsp3) is 0.400. The number of nitrogens with zero attached hydrogens (tertiary/aromatic N) is 1. The Bertz CT molecular complexity index is 571. The maximum atomic E-state index is 13.1. The van der Waals surface area contributed by atoms with Crippen molar-refractivity contribution >= 4 is 22.9 Å². The van der Waals surface area contributed by atoms with Crippen LogP contribution in [0.5, 0.6) is 0 Å². The Hall–Kier alpha value is -0.970. The van der Waals surface area contributed by atoms with Gasteiger partial charge < -0.3 is 5.32 Å². The molecule has 2 rings (SSSR count). The van der Waals surface area contributed by atoms with Gasteiger partial charge in [-0.15, -0.1) is 11.3 Å². The van der Waals surface area contributed by atoms with Crippen molar-refractivity contribution in [1.29, 1.82) is 0 Å². The molecule has 0 bridgehead atoms. The van der Waals surface area contributed by atoms with Crippen LogP contribution in [0.25, 0.3) is 0 Å². The van der Waals surface area contributed by atoms with Gasteiger partial charge in [0, 0.05) is 15.9 Å². The fourth-order valence-corrected chi connectivity index (χ4v) is 3.25. The second-order valence-corrected chi connectivity index (χ2v) is 6.04. The highest BCUT2D eigenvalue weighted by Crippen LogP contribution is 2.28. The molecule has 0 fully saturated rings. The minimum atomic E-state index is -0.300. The van der Waals surface area contributed by atoms with Crippen molar-refractivity contribution in [3.63, 3.8) is 0 Å². The van der Waals surface area contributed by atoms with Crippen molar-refractivity contribution in [3.05, 3.63) is 50.7 Å². The summed E-state index contributed by atoms with van der Waals surface area (Å²) in [6.45, 7) is 5.08. The first kappa shape index (κ1) is 15.4. The van der Waals surface area contributed by atoms with E-state index in [0.29, 0.717) is 5.02 Å². The zero-order chi connectivity index (χ0) is 14.5. The smallest absolute Gasteiger partial charge is 0.124 e. The number of hydrogen-bond donors (Lipinski definition) is 1. The maximum Gasteiger partial charge on any atom is 0.124 e. The highest BCUT2D eigenvalue weighted by atomic mass is 35.5. The molecule has 0 saturated carbocycles. The van der Waals surface area contributed by atoms with Gasteiger partial charge in [0.2, 0.25) is 0 Å². The minimum Gasteiger partial charge on any atom is -0.309 e. The minimum absolute atomic E-state index is 0.172. The number of aryl methyl sites for hydroxylation is 1. The van der Waals surface area contributed by atoms with E-state index in [1.165, 1.54) is 17.0 Å². The summed E-state index contributed by atoms with van der Waals surface area (Å²) in [7, 11) is 0. The first-order valence-corrected chi connectivity index (χ1v) is 7.95. The molecular formula is C15H18ClFN2S. The molecular weight excluding hydrogens is 295 g/mol. The van der Waals surface area contributed by atoms with Gasteiger partial charge >= 0.3 is 0 Å². The molecule has 0 spiro atoms. The van der Waals surface area contributed by atoms with Crippen LogP contribution < -0.4 is 5.32 Å². The third-order valence-corrected chi connectivity index (χ3v) is 4.58. The van der Waals surface area contributed by atoms with Gasteiger partial charge in [0.15, 0.2) is 0 Å². The second kappa shape index (κ2) is 7.16. The molecule has 1 unspecified atom stereocenters. The van der Waals surface area contributed by atoms with Gasteiger partial charge in [0.05, 0.1) is 11.2 Å². The molecule has 2 nitrogen and oxygen atoms in total.